The fourth-order valence-electron chi connectivity index (χ4n) is 2.66. The van der Waals surface area contributed by atoms with Crippen molar-refractivity contribution in [3.63, 3.8) is 0 Å². The lowest BCUT2D eigenvalue weighted by Gasteiger charge is -2.18. The summed E-state index contributed by atoms with van der Waals surface area (Å²) < 4.78 is 0. The van der Waals surface area contributed by atoms with Crippen molar-refractivity contribution in [1.82, 2.24) is 4.90 Å². The third-order valence-electron chi connectivity index (χ3n) is 3.98. The van der Waals surface area contributed by atoms with Crippen LogP contribution in [0.15, 0.2) is 48.5 Å². The van der Waals surface area contributed by atoms with E-state index in [-0.39, 0.29) is 5.91 Å². The summed E-state index contributed by atoms with van der Waals surface area (Å²) >= 11 is 0. The molecule has 1 heterocycles. The molecule has 2 aromatic carbocycles. The van der Waals surface area contributed by atoms with Crippen LogP contribution in [0.4, 0.5) is 5.69 Å². The second-order valence-electron chi connectivity index (χ2n) is 5.80. The van der Waals surface area contributed by atoms with Gasteiger partial charge < -0.3 is 5.32 Å². The van der Waals surface area contributed by atoms with Crippen LogP contribution in [0, 0.1) is 0 Å². The molecule has 0 bridgehead atoms. The number of fused-ring (bicyclic) bond motifs is 1. The quantitative estimate of drug-likeness (QED) is 0.930. The average molecular weight is 280 g/mol. The highest BCUT2D eigenvalue weighted by atomic mass is 16.1. The molecule has 3 rings (SSSR count). The number of nitrogens with zero attached hydrogens (tertiary/aromatic N) is 1. The van der Waals surface area contributed by atoms with Gasteiger partial charge in [0.1, 0.15) is 0 Å². The number of carbonyl (C=O) groups is 1. The van der Waals surface area contributed by atoms with Gasteiger partial charge in [0.25, 0.3) is 5.91 Å². The van der Waals surface area contributed by atoms with E-state index < -0.39 is 0 Å². The molecule has 0 unspecified atom stereocenters. The number of hydrogen-bond donors (Lipinski definition) is 1. The molecule has 1 N–H and O–H groups in total. The van der Waals surface area contributed by atoms with Gasteiger partial charge in [0.2, 0.25) is 0 Å². The van der Waals surface area contributed by atoms with E-state index >= 15 is 0 Å². The first-order valence-corrected chi connectivity index (χ1v) is 7.36. The molecular weight excluding hydrogens is 260 g/mol. The Morgan fingerprint density at radius 3 is 2.48 bits per heavy atom. The van der Waals surface area contributed by atoms with Crippen molar-refractivity contribution < 1.29 is 4.79 Å². The van der Waals surface area contributed by atoms with Crippen molar-refractivity contribution >= 4 is 11.6 Å². The minimum atomic E-state index is -0.0609. The lowest BCUT2D eigenvalue weighted by Crippen LogP contribution is -2.24. The molecular formula is C18H20N2O. The predicted molar refractivity (Wildman–Crippen MR) is 85.2 cm³/mol. The Balaban J connectivity index is 1.74. The molecule has 1 aliphatic rings. The smallest absolute Gasteiger partial charge is 0.255 e. The Labute approximate surface area is 125 Å². The Bertz CT molecular complexity index is 650. The first-order chi connectivity index (χ1) is 10.1. The van der Waals surface area contributed by atoms with Crippen molar-refractivity contribution in [3.05, 3.63) is 65.2 Å². The topological polar surface area (TPSA) is 32.3 Å². The fraction of sp³-hybridized carbons (Fsp3) is 0.278. The Hall–Kier alpha value is -2.13. The average Bonchev–Trinajstić information content (AvgIpc) is 2.91. The molecule has 0 radical (unpaired) electrons. The van der Waals surface area contributed by atoms with Gasteiger partial charge in [-0.25, -0.2) is 0 Å². The minimum Gasteiger partial charge on any atom is -0.322 e. The molecule has 3 heteroatoms. The van der Waals surface area contributed by atoms with Crippen molar-refractivity contribution in [2.24, 2.45) is 0 Å². The summed E-state index contributed by atoms with van der Waals surface area (Å²) in [4.78, 5) is 14.6. The Kier molecular flexibility index (Phi) is 3.76. The van der Waals surface area contributed by atoms with Crippen LogP contribution < -0.4 is 5.32 Å². The zero-order valence-corrected chi connectivity index (χ0v) is 12.5. The summed E-state index contributed by atoms with van der Waals surface area (Å²) in [5.41, 5.74) is 4.23. The van der Waals surface area contributed by atoms with Gasteiger partial charge in [-0.1, -0.05) is 24.3 Å². The van der Waals surface area contributed by atoms with E-state index in [1.165, 1.54) is 11.1 Å². The molecule has 3 nitrogen and oxygen atoms in total. The van der Waals surface area contributed by atoms with Crippen molar-refractivity contribution in [3.8, 4) is 0 Å². The molecule has 0 aliphatic carbocycles. The number of amides is 1. The first-order valence-electron chi connectivity index (χ1n) is 7.36. The molecule has 1 amide bonds. The van der Waals surface area contributed by atoms with Crippen molar-refractivity contribution in [1.29, 1.82) is 0 Å². The summed E-state index contributed by atoms with van der Waals surface area (Å²) in [6, 6.07) is 16.1. The number of nitrogens with one attached hydrogen (secondary N) is 1. The molecule has 0 saturated heterocycles. The Morgan fingerprint density at radius 2 is 1.76 bits per heavy atom. The summed E-state index contributed by atoms with van der Waals surface area (Å²) in [7, 11) is 0. The van der Waals surface area contributed by atoms with Gasteiger partial charge in [0, 0.05) is 30.4 Å². The maximum absolute atomic E-state index is 12.2. The van der Waals surface area contributed by atoms with E-state index in [0.29, 0.717) is 11.6 Å². The molecule has 0 atom stereocenters. The second kappa shape index (κ2) is 5.70. The van der Waals surface area contributed by atoms with Crippen LogP contribution >= 0.6 is 0 Å². The highest BCUT2D eigenvalue weighted by Crippen LogP contribution is 2.27. The van der Waals surface area contributed by atoms with Gasteiger partial charge in [0.05, 0.1) is 0 Å². The minimum absolute atomic E-state index is 0.0609. The number of benzene rings is 2. The van der Waals surface area contributed by atoms with Crippen LogP contribution in [0.5, 0.6) is 0 Å². The standard InChI is InChI=1S/C18H20N2O/c1-13(2)20-11-15-8-9-17(10-16(15)12-20)19-18(21)14-6-4-3-5-7-14/h3-10,13H,11-12H2,1-2H3,(H,19,21). The van der Waals surface area contributed by atoms with Gasteiger partial charge in [-0.2, -0.15) is 0 Å². The normalized spacial score (nSPS) is 14.2. The van der Waals surface area contributed by atoms with Crippen molar-refractivity contribution in [2.45, 2.75) is 33.0 Å². The second-order valence-corrected chi connectivity index (χ2v) is 5.80. The predicted octanol–water partition coefficient (Wildman–Crippen LogP) is 3.66. The SMILES string of the molecule is CC(C)N1Cc2ccc(NC(=O)c3ccccc3)cc2C1. The van der Waals surface area contributed by atoms with Gasteiger partial charge in [-0.15, -0.1) is 0 Å². The van der Waals surface area contributed by atoms with E-state index in [9.17, 15) is 4.79 Å². The molecule has 1 aliphatic heterocycles. The van der Waals surface area contributed by atoms with E-state index in [2.05, 4.69) is 36.2 Å². The largest absolute Gasteiger partial charge is 0.322 e. The Morgan fingerprint density at radius 1 is 1.05 bits per heavy atom. The molecule has 2 aromatic rings. The molecule has 0 saturated carbocycles. The first kappa shape index (κ1) is 13.8. The summed E-state index contributed by atoms with van der Waals surface area (Å²) in [5.74, 6) is -0.0609. The van der Waals surface area contributed by atoms with Crippen LogP contribution in [0.1, 0.15) is 35.3 Å². The fourth-order valence-corrected chi connectivity index (χ4v) is 2.66. The summed E-state index contributed by atoms with van der Waals surface area (Å²) in [6.45, 7) is 6.38. The maximum atomic E-state index is 12.2. The number of rotatable bonds is 3. The van der Waals surface area contributed by atoms with Crippen LogP contribution in [-0.4, -0.2) is 16.8 Å². The van der Waals surface area contributed by atoms with Gasteiger partial charge in [-0.3, -0.25) is 9.69 Å². The third-order valence-corrected chi connectivity index (χ3v) is 3.98. The highest BCUT2D eigenvalue weighted by molar-refractivity contribution is 6.04. The number of hydrogen-bond acceptors (Lipinski definition) is 2. The van der Waals surface area contributed by atoms with Crippen LogP contribution in [0.25, 0.3) is 0 Å². The highest BCUT2D eigenvalue weighted by Gasteiger charge is 2.21. The van der Waals surface area contributed by atoms with Crippen molar-refractivity contribution in [2.75, 3.05) is 5.32 Å². The summed E-state index contributed by atoms with van der Waals surface area (Å²) in [6.07, 6.45) is 0. The van der Waals surface area contributed by atoms with E-state index in [1.807, 2.05) is 36.4 Å². The monoisotopic (exact) mass is 280 g/mol. The van der Waals surface area contributed by atoms with E-state index in [0.717, 1.165) is 18.8 Å². The zero-order chi connectivity index (χ0) is 14.8. The zero-order valence-electron chi connectivity index (χ0n) is 12.5. The number of anilines is 1. The lowest BCUT2D eigenvalue weighted by atomic mass is 10.1. The van der Waals surface area contributed by atoms with Gasteiger partial charge in [0.15, 0.2) is 0 Å². The third kappa shape index (κ3) is 2.98. The van der Waals surface area contributed by atoms with Crippen LogP contribution in [-0.2, 0) is 13.1 Å². The van der Waals surface area contributed by atoms with Crippen LogP contribution in [0.2, 0.25) is 0 Å². The van der Waals surface area contributed by atoms with Gasteiger partial charge in [-0.05, 0) is 49.2 Å². The summed E-state index contributed by atoms with van der Waals surface area (Å²) in [5, 5.41) is 2.97. The molecule has 21 heavy (non-hydrogen) atoms. The van der Waals surface area contributed by atoms with Gasteiger partial charge >= 0.3 is 0 Å². The maximum Gasteiger partial charge on any atom is 0.255 e. The number of carbonyl (C=O) groups excluding carboxylic acids is 1. The lowest BCUT2D eigenvalue weighted by molar-refractivity contribution is 0.102. The molecule has 108 valence electrons. The molecule has 0 aromatic heterocycles. The van der Waals surface area contributed by atoms with E-state index in [4.69, 9.17) is 0 Å². The van der Waals surface area contributed by atoms with Crippen LogP contribution in [0.3, 0.4) is 0 Å². The molecule has 0 fully saturated rings. The van der Waals surface area contributed by atoms with E-state index in [1.54, 1.807) is 0 Å². The molecule has 0 spiro atoms.